The van der Waals surface area contributed by atoms with Crippen molar-refractivity contribution in [3.63, 3.8) is 0 Å². The van der Waals surface area contributed by atoms with E-state index in [9.17, 15) is 36.7 Å². The minimum absolute atomic E-state index is 2.08. The molecule has 0 saturated carbocycles. The number of carboxylic acids is 4. The van der Waals surface area contributed by atoms with E-state index in [-0.39, 0.29) is 0 Å². The summed E-state index contributed by atoms with van der Waals surface area (Å²) in [7, 11) is 0. The smallest absolute Gasteiger partial charge is 0.343 e. The van der Waals surface area contributed by atoms with Crippen LogP contribution in [0, 0.1) is 23.3 Å². The Morgan fingerprint density at radius 1 is 0.500 bits per heavy atom. The number of rotatable bonds is 4. The molecule has 24 heavy (non-hydrogen) atoms. The van der Waals surface area contributed by atoms with Crippen LogP contribution in [0.5, 0.6) is 0 Å². The molecule has 0 fully saturated rings. The molecule has 1 rings (SSSR count). The first-order valence-electron chi connectivity index (χ1n) is 5.47. The van der Waals surface area contributed by atoms with Gasteiger partial charge in [0.15, 0.2) is 34.4 Å². The Morgan fingerprint density at radius 2 is 0.667 bits per heavy atom. The van der Waals surface area contributed by atoms with Gasteiger partial charge in [-0.05, 0) is 0 Å². The first kappa shape index (κ1) is 18.6. The third-order valence-electron chi connectivity index (χ3n) is 2.62. The maximum absolute atomic E-state index is 13.8. The molecule has 0 aliphatic carbocycles. The fourth-order valence-electron chi connectivity index (χ4n) is 1.68. The molecule has 0 atom stereocenters. The molecule has 4 N–H and O–H groups in total. The fraction of sp³-hybridized carbons (Fsp3) is 0. The van der Waals surface area contributed by atoms with Gasteiger partial charge >= 0.3 is 23.9 Å². The zero-order chi connectivity index (χ0) is 18.9. The Hall–Kier alpha value is -3.44. The lowest BCUT2D eigenvalue weighted by molar-refractivity contribution is -0.138. The second-order valence-corrected chi connectivity index (χ2v) is 3.98. The van der Waals surface area contributed by atoms with Gasteiger partial charge in [-0.25, -0.2) is 36.7 Å². The predicted molar refractivity (Wildman–Crippen MR) is 62.9 cm³/mol. The zero-order valence-electron chi connectivity index (χ0n) is 10.9. The molecule has 0 radical (unpaired) electrons. The van der Waals surface area contributed by atoms with Crippen LogP contribution in [0.25, 0.3) is 11.1 Å². The summed E-state index contributed by atoms with van der Waals surface area (Å²) in [6, 6.07) is 0. The molecular weight excluding hydrogens is 348 g/mol. The van der Waals surface area contributed by atoms with Crippen molar-refractivity contribution >= 4 is 35.0 Å². The number of hydrogen-bond acceptors (Lipinski definition) is 4. The standard InChI is InChI=1S/C12H4F4O8/c13-5-1(3(9(17)18)10(19)20)6(14)8(16)2(7(5)15)4(11(21)22)12(23)24/h(H,17,18)(H,19,20)(H,21,22)(H,23,24). The summed E-state index contributed by atoms with van der Waals surface area (Å²) in [5.74, 6) is -20.1. The molecule has 128 valence electrons. The number of hydrogen-bond donors (Lipinski definition) is 4. The topological polar surface area (TPSA) is 149 Å². The molecule has 12 heteroatoms. The molecule has 0 saturated heterocycles. The van der Waals surface area contributed by atoms with Crippen LogP contribution in [-0.2, 0) is 19.2 Å². The molecule has 0 bridgehead atoms. The SMILES string of the molecule is O=C(O)C(C(=O)O)=c1c(F)c(F)c(=C(C(=O)O)C(=O)O)c(F)c1F. The molecular formula is C12H4F4O8. The molecule has 0 aliphatic rings. The molecule has 0 spiro atoms. The highest BCUT2D eigenvalue weighted by Crippen LogP contribution is 2.08. The van der Waals surface area contributed by atoms with Crippen LogP contribution in [0.1, 0.15) is 0 Å². The van der Waals surface area contributed by atoms with Gasteiger partial charge in [-0.15, -0.1) is 0 Å². The van der Waals surface area contributed by atoms with E-state index in [4.69, 9.17) is 20.4 Å². The minimum atomic E-state index is -2.58. The zero-order valence-corrected chi connectivity index (χ0v) is 10.9. The second-order valence-electron chi connectivity index (χ2n) is 3.98. The van der Waals surface area contributed by atoms with Gasteiger partial charge in [-0.1, -0.05) is 0 Å². The Bertz CT molecular complexity index is 776. The van der Waals surface area contributed by atoms with Crippen molar-refractivity contribution in [2.75, 3.05) is 0 Å². The summed E-state index contributed by atoms with van der Waals surface area (Å²) in [4.78, 5) is 42.9. The normalized spacial score (nSPS) is 10.2. The third-order valence-corrected chi connectivity index (χ3v) is 2.62. The van der Waals surface area contributed by atoms with Crippen molar-refractivity contribution in [2.24, 2.45) is 0 Å². The maximum atomic E-state index is 13.8. The molecule has 1 aromatic carbocycles. The van der Waals surface area contributed by atoms with E-state index >= 15 is 0 Å². The highest BCUT2D eigenvalue weighted by molar-refractivity contribution is 6.36. The molecule has 0 aliphatic heterocycles. The van der Waals surface area contributed by atoms with Gasteiger partial charge in [0.1, 0.15) is 0 Å². The first-order valence-corrected chi connectivity index (χ1v) is 5.47. The van der Waals surface area contributed by atoms with Gasteiger partial charge in [0.25, 0.3) is 0 Å². The van der Waals surface area contributed by atoms with Crippen LogP contribution in [0.3, 0.4) is 0 Å². The van der Waals surface area contributed by atoms with Gasteiger partial charge in [-0.2, -0.15) is 0 Å². The summed E-state index contributed by atoms with van der Waals surface area (Å²) in [5, 5.41) is 30.1. The largest absolute Gasteiger partial charge is 0.477 e. The van der Waals surface area contributed by atoms with E-state index in [1.165, 1.54) is 0 Å². The Balaban J connectivity index is 4.42. The quantitative estimate of drug-likeness (QED) is 0.302. The van der Waals surface area contributed by atoms with E-state index in [1.807, 2.05) is 0 Å². The lowest BCUT2D eigenvalue weighted by Crippen LogP contribution is -2.36. The Labute approximate surface area is 127 Å². The summed E-state index contributed by atoms with van der Waals surface area (Å²) in [6.45, 7) is 0. The van der Waals surface area contributed by atoms with Crippen LogP contribution in [0.15, 0.2) is 0 Å². The highest BCUT2D eigenvalue weighted by atomic mass is 19.2. The van der Waals surface area contributed by atoms with Crippen molar-refractivity contribution in [1.29, 1.82) is 0 Å². The number of carboxylic acid groups (broad SMARTS) is 4. The number of benzene rings is 1. The molecule has 0 aromatic heterocycles. The van der Waals surface area contributed by atoms with Crippen LogP contribution in [0.4, 0.5) is 17.6 Å². The number of halogens is 4. The highest BCUT2D eigenvalue weighted by Gasteiger charge is 2.30. The maximum Gasteiger partial charge on any atom is 0.343 e. The van der Waals surface area contributed by atoms with Crippen molar-refractivity contribution in [3.05, 3.63) is 33.7 Å². The second kappa shape index (κ2) is 6.36. The predicted octanol–water partition coefficient (Wildman–Crippen LogP) is -1.12. The van der Waals surface area contributed by atoms with Gasteiger partial charge in [0.2, 0.25) is 0 Å². The molecule has 1 aromatic rings. The first-order chi connectivity index (χ1) is 10.9. The number of carbonyl (C=O) groups is 4. The van der Waals surface area contributed by atoms with E-state index in [0.29, 0.717) is 0 Å². The summed E-state index contributed by atoms with van der Waals surface area (Å²) in [6.07, 6.45) is 0. The van der Waals surface area contributed by atoms with Crippen molar-refractivity contribution < 1.29 is 57.2 Å². The lowest BCUT2D eigenvalue weighted by Gasteiger charge is -2.05. The fourth-order valence-corrected chi connectivity index (χ4v) is 1.68. The van der Waals surface area contributed by atoms with E-state index in [0.717, 1.165) is 0 Å². The molecule has 0 amide bonds. The average Bonchev–Trinajstić information content (AvgIpc) is 2.43. The minimum Gasteiger partial charge on any atom is -0.477 e. The number of aliphatic carboxylic acids is 4. The van der Waals surface area contributed by atoms with Gasteiger partial charge in [-0.3, -0.25) is 0 Å². The van der Waals surface area contributed by atoms with Crippen LogP contribution in [0.2, 0.25) is 0 Å². The van der Waals surface area contributed by atoms with Gasteiger partial charge in [0.05, 0.1) is 10.4 Å². The monoisotopic (exact) mass is 352 g/mol. The summed E-state index contributed by atoms with van der Waals surface area (Å²) < 4.78 is 55.3. The summed E-state index contributed by atoms with van der Waals surface area (Å²) in [5.41, 5.74) is -4.16. The third kappa shape index (κ3) is 2.88. The van der Waals surface area contributed by atoms with Crippen LogP contribution >= 0.6 is 0 Å². The van der Waals surface area contributed by atoms with Crippen LogP contribution < -0.4 is 10.4 Å². The lowest BCUT2D eigenvalue weighted by atomic mass is 10.1. The van der Waals surface area contributed by atoms with Gasteiger partial charge < -0.3 is 20.4 Å². The van der Waals surface area contributed by atoms with Crippen LogP contribution in [-0.4, -0.2) is 44.3 Å². The molecule has 0 heterocycles. The van der Waals surface area contributed by atoms with E-state index in [1.54, 1.807) is 0 Å². The van der Waals surface area contributed by atoms with Crippen molar-refractivity contribution in [2.45, 2.75) is 0 Å². The van der Waals surface area contributed by atoms with Crippen molar-refractivity contribution in [3.8, 4) is 0 Å². The van der Waals surface area contributed by atoms with E-state index < -0.39 is 68.7 Å². The molecule has 0 unspecified atom stereocenters. The Kier molecular flexibility index (Phi) is 4.93. The summed E-state index contributed by atoms with van der Waals surface area (Å²) >= 11 is 0. The van der Waals surface area contributed by atoms with E-state index in [2.05, 4.69) is 0 Å². The molecule has 8 nitrogen and oxygen atoms in total. The van der Waals surface area contributed by atoms with Gasteiger partial charge in [0, 0.05) is 0 Å². The van der Waals surface area contributed by atoms with Crippen molar-refractivity contribution in [1.82, 2.24) is 0 Å². The average molecular weight is 352 g/mol. The Morgan fingerprint density at radius 3 is 0.792 bits per heavy atom.